The first-order valence-corrected chi connectivity index (χ1v) is 5.40. The Morgan fingerprint density at radius 3 is 2.74 bits per heavy atom. The van der Waals surface area contributed by atoms with Crippen molar-refractivity contribution in [1.29, 1.82) is 5.26 Å². The molecule has 0 fully saturated rings. The van der Waals surface area contributed by atoms with Gasteiger partial charge in [0.2, 0.25) is 0 Å². The lowest BCUT2D eigenvalue weighted by atomic mass is 10.2. The van der Waals surface area contributed by atoms with Crippen LogP contribution in [0.2, 0.25) is 0 Å². The highest BCUT2D eigenvalue weighted by atomic mass is 19.1. The van der Waals surface area contributed by atoms with E-state index in [1.807, 2.05) is 6.07 Å². The zero-order valence-corrected chi connectivity index (χ0v) is 10.1. The Morgan fingerprint density at radius 1 is 1.32 bits per heavy atom. The Hall–Kier alpha value is -2.72. The number of nitrogens with zero attached hydrogens (tertiary/aromatic N) is 3. The fourth-order valence-corrected chi connectivity index (χ4v) is 1.57. The average molecular weight is 258 g/mol. The molecule has 0 spiro atoms. The van der Waals surface area contributed by atoms with E-state index in [4.69, 9.17) is 11.1 Å². The van der Waals surface area contributed by atoms with E-state index < -0.39 is 5.82 Å². The molecular formula is C12H11FN6. The van der Waals surface area contributed by atoms with Gasteiger partial charge in [-0.15, -0.1) is 0 Å². The minimum Gasteiger partial charge on any atom is -0.339 e. The van der Waals surface area contributed by atoms with E-state index in [0.717, 1.165) is 6.07 Å². The van der Waals surface area contributed by atoms with Crippen LogP contribution in [0, 0.1) is 24.1 Å². The number of hydrogen-bond acceptors (Lipinski definition) is 6. The molecule has 0 aliphatic carbocycles. The van der Waals surface area contributed by atoms with Gasteiger partial charge in [0.1, 0.15) is 29.8 Å². The number of halogens is 1. The average Bonchev–Trinajstić information content (AvgIpc) is 2.42. The van der Waals surface area contributed by atoms with Crippen molar-refractivity contribution in [2.45, 2.75) is 6.92 Å². The summed E-state index contributed by atoms with van der Waals surface area (Å²) in [5.41, 5.74) is 3.80. The monoisotopic (exact) mass is 258 g/mol. The van der Waals surface area contributed by atoms with Crippen LogP contribution in [0.15, 0.2) is 24.5 Å². The van der Waals surface area contributed by atoms with E-state index >= 15 is 0 Å². The van der Waals surface area contributed by atoms with E-state index in [1.54, 1.807) is 6.92 Å². The van der Waals surface area contributed by atoms with Crippen LogP contribution in [0.3, 0.4) is 0 Å². The van der Waals surface area contributed by atoms with E-state index in [1.165, 1.54) is 18.5 Å². The topological polar surface area (TPSA) is 99.7 Å². The van der Waals surface area contributed by atoms with Gasteiger partial charge in [-0.05, 0) is 25.1 Å². The van der Waals surface area contributed by atoms with Crippen molar-refractivity contribution < 1.29 is 4.39 Å². The second-order valence-corrected chi connectivity index (χ2v) is 3.77. The third kappa shape index (κ3) is 2.59. The van der Waals surface area contributed by atoms with Gasteiger partial charge in [0.05, 0.1) is 11.3 Å². The summed E-state index contributed by atoms with van der Waals surface area (Å²) in [5, 5.41) is 11.9. The summed E-state index contributed by atoms with van der Waals surface area (Å²) in [7, 11) is 0. The summed E-state index contributed by atoms with van der Waals surface area (Å²) >= 11 is 0. The first-order valence-electron chi connectivity index (χ1n) is 5.40. The summed E-state index contributed by atoms with van der Waals surface area (Å²) in [6.45, 7) is 1.77. The van der Waals surface area contributed by atoms with Crippen molar-refractivity contribution in [1.82, 2.24) is 9.97 Å². The molecule has 6 nitrogen and oxygen atoms in total. The number of hydrazine groups is 1. The fraction of sp³-hybridized carbons (Fsp3) is 0.0833. The Labute approximate surface area is 109 Å². The minimum absolute atomic E-state index is 0.195. The van der Waals surface area contributed by atoms with Gasteiger partial charge < -0.3 is 10.7 Å². The molecule has 0 saturated carbocycles. The molecule has 7 heteroatoms. The number of nitriles is 1. The third-order valence-electron chi connectivity index (χ3n) is 2.58. The molecule has 0 saturated heterocycles. The normalized spacial score (nSPS) is 9.79. The molecular weight excluding hydrogens is 247 g/mol. The number of nitrogens with two attached hydrogens (primary N) is 1. The SMILES string of the molecule is Cc1c(NN)ncnc1Nc1ccc(F)cc1C#N. The van der Waals surface area contributed by atoms with Crippen LogP contribution < -0.4 is 16.6 Å². The van der Waals surface area contributed by atoms with E-state index in [9.17, 15) is 4.39 Å². The maximum absolute atomic E-state index is 13.0. The molecule has 1 aromatic carbocycles. The summed E-state index contributed by atoms with van der Waals surface area (Å²) in [4.78, 5) is 8.00. The highest BCUT2D eigenvalue weighted by Crippen LogP contribution is 2.24. The fourth-order valence-electron chi connectivity index (χ4n) is 1.57. The number of benzene rings is 1. The molecule has 96 valence electrons. The number of hydrogen-bond donors (Lipinski definition) is 3. The molecule has 0 radical (unpaired) electrons. The zero-order valence-electron chi connectivity index (χ0n) is 10.1. The smallest absolute Gasteiger partial charge is 0.148 e. The van der Waals surface area contributed by atoms with Crippen LogP contribution in [-0.2, 0) is 0 Å². The second-order valence-electron chi connectivity index (χ2n) is 3.77. The van der Waals surface area contributed by atoms with Gasteiger partial charge in [0.15, 0.2) is 0 Å². The lowest BCUT2D eigenvalue weighted by Crippen LogP contribution is -2.11. The second kappa shape index (κ2) is 5.29. The minimum atomic E-state index is -0.467. The van der Waals surface area contributed by atoms with Crippen molar-refractivity contribution in [2.75, 3.05) is 10.7 Å². The molecule has 19 heavy (non-hydrogen) atoms. The Morgan fingerprint density at radius 2 is 2.05 bits per heavy atom. The maximum Gasteiger partial charge on any atom is 0.148 e. The van der Waals surface area contributed by atoms with Crippen molar-refractivity contribution in [3.05, 3.63) is 41.5 Å². The van der Waals surface area contributed by atoms with Crippen molar-refractivity contribution in [3.8, 4) is 6.07 Å². The number of rotatable bonds is 3. The van der Waals surface area contributed by atoms with E-state index in [-0.39, 0.29) is 5.56 Å². The lowest BCUT2D eigenvalue weighted by molar-refractivity contribution is 0.627. The van der Waals surface area contributed by atoms with Crippen LogP contribution in [-0.4, -0.2) is 9.97 Å². The number of nitrogens with one attached hydrogen (secondary N) is 2. The molecule has 0 atom stereocenters. The van der Waals surface area contributed by atoms with Gasteiger partial charge in [-0.1, -0.05) is 0 Å². The van der Waals surface area contributed by atoms with Gasteiger partial charge in [-0.3, -0.25) is 0 Å². The third-order valence-corrected chi connectivity index (χ3v) is 2.58. The molecule has 0 unspecified atom stereocenters. The molecule has 4 N–H and O–H groups in total. The summed E-state index contributed by atoms with van der Waals surface area (Å²) in [6, 6.07) is 5.82. The lowest BCUT2D eigenvalue weighted by Gasteiger charge is -2.11. The van der Waals surface area contributed by atoms with Crippen molar-refractivity contribution >= 4 is 17.3 Å². The number of aromatic nitrogens is 2. The molecule has 2 aromatic rings. The standard InChI is InChI=1S/C12H11FN6/c1-7-11(16-6-17-12(7)19-15)18-10-3-2-9(13)4-8(10)5-14/h2-4,6H,15H2,1H3,(H2,16,17,18,19). The molecule has 0 amide bonds. The predicted octanol–water partition coefficient (Wildman–Crippen LogP) is 1.82. The maximum atomic E-state index is 13.0. The van der Waals surface area contributed by atoms with E-state index in [0.29, 0.717) is 22.9 Å². The largest absolute Gasteiger partial charge is 0.339 e. The van der Waals surface area contributed by atoms with Gasteiger partial charge in [-0.25, -0.2) is 20.2 Å². The molecule has 1 heterocycles. The van der Waals surface area contributed by atoms with Crippen LogP contribution in [0.4, 0.5) is 21.7 Å². The summed E-state index contributed by atoms with van der Waals surface area (Å²) in [6.07, 6.45) is 1.33. The molecule has 2 rings (SSSR count). The van der Waals surface area contributed by atoms with Gasteiger partial charge in [0.25, 0.3) is 0 Å². The highest BCUT2D eigenvalue weighted by Gasteiger charge is 2.09. The zero-order chi connectivity index (χ0) is 13.8. The molecule has 0 aliphatic rings. The Balaban J connectivity index is 2.40. The van der Waals surface area contributed by atoms with Crippen LogP contribution in [0.25, 0.3) is 0 Å². The Kier molecular flexibility index (Phi) is 3.54. The number of anilines is 3. The first kappa shape index (κ1) is 12.7. The van der Waals surface area contributed by atoms with Crippen LogP contribution in [0.1, 0.15) is 11.1 Å². The molecule has 0 aliphatic heterocycles. The van der Waals surface area contributed by atoms with Crippen LogP contribution in [0.5, 0.6) is 0 Å². The van der Waals surface area contributed by atoms with Gasteiger partial charge >= 0.3 is 0 Å². The predicted molar refractivity (Wildman–Crippen MR) is 69.0 cm³/mol. The summed E-state index contributed by atoms with van der Waals surface area (Å²) in [5.74, 6) is 5.81. The van der Waals surface area contributed by atoms with Gasteiger partial charge in [0, 0.05) is 5.56 Å². The van der Waals surface area contributed by atoms with Gasteiger partial charge in [-0.2, -0.15) is 5.26 Å². The van der Waals surface area contributed by atoms with E-state index in [2.05, 4.69) is 20.7 Å². The van der Waals surface area contributed by atoms with Crippen molar-refractivity contribution in [2.24, 2.45) is 5.84 Å². The van der Waals surface area contributed by atoms with Crippen molar-refractivity contribution in [3.63, 3.8) is 0 Å². The number of nitrogen functional groups attached to an aromatic ring is 1. The quantitative estimate of drug-likeness (QED) is 0.573. The Bertz CT molecular complexity index is 649. The highest BCUT2D eigenvalue weighted by molar-refractivity contribution is 5.68. The molecule has 0 bridgehead atoms. The van der Waals surface area contributed by atoms with Crippen LogP contribution >= 0.6 is 0 Å². The molecule has 1 aromatic heterocycles. The summed E-state index contributed by atoms with van der Waals surface area (Å²) < 4.78 is 13.0. The first-order chi connectivity index (χ1) is 9.15.